The van der Waals surface area contributed by atoms with Crippen LogP contribution in [0.3, 0.4) is 0 Å². The third-order valence-corrected chi connectivity index (χ3v) is 4.79. The highest BCUT2D eigenvalue weighted by atomic mass is 32.2. The third kappa shape index (κ3) is 3.65. The number of nitrogen functional groups attached to an aromatic ring is 1. The van der Waals surface area contributed by atoms with Crippen LogP contribution in [-0.2, 0) is 17.0 Å². The number of furan rings is 1. The number of allylic oxidation sites excluding steroid dienone is 1. The summed E-state index contributed by atoms with van der Waals surface area (Å²) in [5, 5.41) is 9.34. The van der Waals surface area contributed by atoms with Gasteiger partial charge in [0.15, 0.2) is 5.16 Å². The molecule has 0 aliphatic carbocycles. The number of ether oxygens (including phenoxy) is 1. The van der Waals surface area contributed by atoms with E-state index < -0.39 is 5.97 Å². The lowest BCUT2D eigenvalue weighted by Crippen LogP contribution is -2.07. The molecule has 9 nitrogen and oxygen atoms in total. The van der Waals surface area contributed by atoms with Crippen LogP contribution in [-0.4, -0.2) is 37.3 Å². The van der Waals surface area contributed by atoms with Gasteiger partial charge in [0.05, 0.1) is 17.7 Å². The van der Waals surface area contributed by atoms with Gasteiger partial charge in [0.2, 0.25) is 5.71 Å². The third-order valence-electron chi connectivity index (χ3n) is 3.83. The zero-order valence-corrected chi connectivity index (χ0v) is 16.2. The number of aryl methyl sites for hydroxylation is 2. The van der Waals surface area contributed by atoms with Gasteiger partial charge in [0.25, 0.3) is 0 Å². The fraction of sp³-hybridized carbons (Fsp3) is 0.353. The van der Waals surface area contributed by atoms with Gasteiger partial charge in [-0.25, -0.2) is 9.78 Å². The van der Waals surface area contributed by atoms with Gasteiger partial charge < -0.3 is 19.5 Å². The van der Waals surface area contributed by atoms with Crippen molar-refractivity contribution in [1.82, 2.24) is 24.7 Å². The van der Waals surface area contributed by atoms with E-state index in [9.17, 15) is 4.79 Å². The van der Waals surface area contributed by atoms with Gasteiger partial charge in [0, 0.05) is 6.54 Å². The summed E-state index contributed by atoms with van der Waals surface area (Å²) in [6.45, 7) is 9.89. The van der Waals surface area contributed by atoms with Crippen LogP contribution >= 0.6 is 11.8 Å². The Morgan fingerprint density at radius 1 is 1.37 bits per heavy atom. The highest BCUT2D eigenvalue weighted by Crippen LogP contribution is 2.30. The van der Waals surface area contributed by atoms with E-state index in [0.717, 1.165) is 11.0 Å². The lowest BCUT2D eigenvalue weighted by atomic mass is 10.2. The van der Waals surface area contributed by atoms with E-state index in [0.29, 0.717) is 29.3 Å². The highest BCUT2D eigenvalue weighted by Gasteiger charge is 2.24. The van der Waals surface area contributed by atoms with Gasteiger partial charge in [0.1, 0.15) is 28.8 Å². The summed E-state index contributed by atoms with van der Waals surface area (Å²) in [7, 11) is 0. The van der Waals surface area contributed by atoms with Crippen LogP contribution < -0.4 is 5.73 Å². The minimum absolute atomic E-state index is 0.180. The van der Waals surface area contributed by atoms with Gasteiger partial charge in [-0.3, -0.25) is 0 Å². The van der Waals surface area contributed by atoms with Gasteiger partial charge in [-0.05, 0) is 20.8 Å². The number of rotatable bonds is 7. The Balaban J connectivity index is 1.89. The molecule has 0 unspecified atom stereocenters. The number of hydrogen-bond acceptors (Lipinski definition) is 9. The van der Waals surface area contributed by atoms with E-state index in [1.807, 2.05) is 11.5 Å². The summed E-state index contributed by atoms with van der Waals surface area (Å²) in [6, 6.07) is 0. The first kappa shape index (κ1) is 18.9. The summed E-state index contributed by atoms with van der Waals surface area (Å²) in [5.74, 6) is 1.77. The van der Waals surface area contributed by atoms with Crippen molar-refractivity contribution in [3.8, 4) is 0 Å². The van der Waals surface area contributed by atoms with Crippen molar-refractivity contribution in [2.75, 3.05) is 12.3 Å². The number of hydrogen-bond donors (Lipinski definition) is 1. The molecule has 0 saturated heterocycles. The Morgan fingerprint density at radius 2 is 2.15 bits per heavy atom. The molecule has 0 aliphatic rings. The fourth-order valence-electron chi connectivity index (χ4n) is 2.63. The largest absolute Gasteiger partial charge is 0.462 e. The Morgan fingerprint density at radius 3 is 2.85 bits per heavy atom. The predicted octanol–water partition coefficient (Wildman–Crippen LogP) is 2.67. The smallest absolute Gasteiger partial charge is 0.342 e. The second kappa shape index (κ2) is 7.78. The molecule has 0 atom stereocenters. The molecule has 0 saturated carbocycles. The second-order valence-corrected chi connectivity index (χ2v) is 6.62. The maximum atomic E-state index is 12.2. The molecule has 3 aromatic heterocycles. The average molecular weight is 388 g/mol. The fourth-order valence-corrected chi connectivity index (χ4v) is 3.48. The number of carbonyl (C=O) groups excluding carboxylic acids is 1. The average Bonchev–Trinajstić information content (AvgIpc) is 3.14. The molecule has 0 aromatic carbocycles. The number of nitrogens with zero attached hydrogens (tertiary/aromatic N) is 5. The summed E-state index contributed by atoms with van der Waals surface area (Å²) in [4.78, 5) is 20.9. The molecule has 3 rings (SSSR count). The van der Waals surface area contributed by atoms with Gasteiger partial charge in [-0.1, -0.05) is 17.8 Å². The van der Waals surface area contributed by atoms with E-state index in [4.69, 9.17) is 14.9 Å². The van der Waals surface area contributed by atoms with Crippen LogP contribution in [0.15, 0.2) is 22.2 Å². The molecular weight excluding hydrogens is 368 g/mol. The van der Waals surface area contributed by atoms with Crippen molar-refractivity contribution in [3.63, 3.8) is 0 Å². The topological polar surface area (TPSA) is 122 Å². The maximum Gasteiger partial charge on any atom is 0.342 e. The molecule has 142 valence electrons. The van der Waals surface area contributed by atoms with Crippen LogP contribution in [0.25, 0.3) is 11.1 Å². The minimum Gasteiger partial charge on any atom is -0.462 e. The monoisotopic (exact) mass is 388 g/mol. The zero-order chi connectivity index (χ0) is 19.6. The first-order valence-corrected chi connectivity index (χ1v) is 9.30. The number of esters is 1. The number of nitrogens with two attached hydrogens (primary N) is 1. The van der Waals surface area contributed by atoms with Gasteiger partial charge >= 0.3 is 5.97 Å². The van der Waals surface area contributed by atoms with E-state index in [-0.39, 0.29) is 23.7 Å². The number of fused-ring (bicyclic) bond motifs is 1. The Kier molecular flexibility index (Phi) is 5.45. The van der Waals surface area contributed by atoms with Crippen molar-refractivity contribution >= 4 is 34.6 Å². The summed E-state index contributed by atoms with van der Waals surface area (Å²) in [6.07, 6.45) is 1.78. The number of anilines is 1. The number of carbonyl (C=O) groups is 1. The van der Waals surface area contributed by atoms with Gasteiger partial charge in [-0.15, -0.1) is 16.8 Å². The lowest BCUT2D eigenvalue weighted by molar-refractivity contribution is 0.0526. The Bertz CT molecular complexity index is 1010. The Hall–Kier alpha value is -2.88. The first-order valence-electron chi connectivity index (χ1n) is 8.32. The normalized spacial score (nSPS) is 11.1. The van der Waals surface area contributed by atoms with Crippen LogP contribution in [0.2, 0.25) is 0 Å². The first-order chi connectivity index (χ1) is 13.0. The molecule has 3 heterocycles. The second-order valence-electron chi connectivity index (χ2n) is 5.68. The van der Waals surface area contributed by atoms with Crippen LogP contribution in [0.5, 0.6) is 0 Å². The number of aromatic nitrogens is 5. The Labute approximate surface area is 160 Å². The molecule has 0 amide bonds. The summed E-state index contributed by atoms with van der Waals surface area (Å²) < 4.78 is 12.6. The molecule has 0 aliphatic heterocycles. The minimum atomic E-state index is -0.501. The molecular formula is C17H20N6O3S. The molecule has 0 radical (unpaired) electrons. The molecule has 0 fully saturated rings. The molecule has 0 spiro atoms. The van der Waals surface area contributed by atoms with Gasteiger partial charge in [-0.2, -0.15) is 4.98 Å². The lowest BCUT2D eigenvalue weighted by Gasteiger charge is -2.05. The van der Waals surface area contributed by atoms with Crippen LogP contribution in [0.4, 0.5) is 5.82 Å². The maximum absolute atomic E-state index is 12.2. The summed E-state index contributed by atoms with van der Waals surface area (Å²) in [5.41, 5.74) is 6.62. The molecule has 3 aromatic rings. The number of thioether (sulfide) groups is 1. The van der Waals surface area contributed by atoms with Crippen LogP contribution in [0, 0.1) is 13.8 Å². The van der Waals surface area contributed by atoms with Crippen molar-refractivity contribution in [2.24, 2.45) is 0 Å². The van der Waals surface area contributed by atoms with Crippen molar-refractivity contribution in [2.45, 2.75) is 38.2 Å². The van der Waals surface area contributed by atoms with E-state index in [1.54, 1.807) is 19.9 Å². The SMILES string of the molecule is C=CCn1c(C)nnc1SCc1nc(N)c2c(C(=O)OCC)c(C)oc2n1. The summed E-state index contributed by atoms with van der Waals surface area (Å²) >= 11 is 1.43. The molecule has 2 N–H and O–H groups in total. The van der Waals surface area contributed by atoms with Crippen molar-refractivity contribution in [3.05, 3.63) is 35.6 Å². The van der Waals surface area contributed by atoms with Crippen molar-refractivity contribution < 1.29 is 13.9 Å². The van der Waals surface area contributed by atoms with E-state index in [1.165, 1.54) is 11.8 Å². The molecule has 27 heavy (non-hydrogen) atoms. The zero-order valence-electron chi connectivity index (χ0n) is 15.4. The molecule has 0 bridgehead atoms. The predicted molar refractivity (Wildman–Crippen MR) is 101 cm³/mol. The van der Waals surface area contributed by atoms with Crippen molar-refractivity contribution in [1.29, 1.82) is 0 Å². The van der Waals surface area contributed by atoms with E-state index >= 15 is 0 Å². The van der Waals surface area contributed by atoms with Crippen LogP contribution in [0.1, 0.15) is 34.7 Å². The highest BCUT2D eigenvalue weighted by molar-refractivity contribution is 7.98. The van der Waals surface area contributed by atoms with E-state index in [2.05, 4.69) is 26.7 Å². The quantitative estimate of drug-likeness (QED) is 0.370. The standard InChI is InChI=1S/C17H20N6O3S/c1-5-7-23-10(4)21-22-17(23)27-8-11-19-14(18)13-12(16(24)25-6-2)9(3)26-15(13)20-11/h5H,1,6-8H2,2-4H3,(H2,18,19,20). The molecule has 10 heteroatoms.